The molecule has 1 fully saturated rings. The molecule has 2 rings (SSSR count). The third-order valence-electron chi connectivity index (χ3n) is 3.90. The molecule has 5 nitrogen and oxygen atoms in total. The maximum absolute atomic E-state index is 11.8. The summed E-state index contributed by atoms with van der Waals surface area (Å²) in [6.45, 7) is 9.24. The standard InChI is InChI=1S/C17H26BrN3O2/c1-13(2)19-17(22)12-21-8-6-20(7-9-21)11-14-4-5-16(23-3)15(18)10-14/h4-5,10,13H,6-9,11-12H2,1-3H3,(H,19,22). The number of nitrogens with zero attached hydrogens (tertiary/aromatic N) is 2. The number of benzene rings is 1. The van der Waals surface area contributed by atoms with Gasteiger partial charge < -0.3 is 10.1 Å². The van der Waals surface area contributed by atoms with Crippen molar-refractivity contribution in [1.82, 2.24) is 15.1 Å². The zero-order chi connectivity index (χ0) is 16.8. The molecule has 0 aromatic heterocycles. The molecule has 1 aromatic rings. The number of carbonyl (C=O) groups is 1. The molecule has 128 valence electrons. The van der Waals surface area contributed by atoms with E-state index in [1.165, 1.54) is 5.56 Å². The van der Waals surface area contributed by atoms with Crippen molar-refractivity contribution < 1.29 is 9.53 Å². The molecule has 23 heavy (non-hydrogen) atoms. The molecule has 1 amide bonds. The number of piperazine rings is 1. The molecule has 0 radical (unpaired) electrons. The third kappa shape index (κ3) is 5.79. The Balaban J connectivity index is 1.78. The van der Waals surface area contributed by atoms with Crippen molar-refractivity contribution in [2.75, 3.05) is 39.8 Å². The Hall–Kier alpha value is -1.11. The zero-order valence-corrected chi connectivity index (χ0v) is 15.7. The maximum Gasteiger partial charge on any atom is 0.234 e. The molecule has 1 N–H and O–H groups in total. The topological polar surface area (TPSA) is 44.8 Å². The summed E-state index contributed by atoms with van der Waals surface area (Å²) in [6, 6.07) is 6.41. The molecule has 0 unspecified atom stereocenters. The maximum atomic E-state index is 11.8. The number of hydrogen-bond acceptors (Lipinski definition) is 4. The Morgan fingerprint density at radius 3 is 2.48 bits per heavy atom. The van der Waals surface area contributed by atoms with Crippen LogP contribution in [0.4, 0.5) is 0 Å². The number of hydrogen-bond donors (Lipinski definition) is 1. The van der Waals surface area contributed by atoms with Gasteiger partial charge in [-0.1, -0.05) is 6.07 Å². The molecule has 1 aliphatic rings. The fourth-order valence-electron chi connectivity index (χ4n) is 2.74. The number of amides is 1. The van der Waals surface area contributed by atoms with Crippen LogP contribution in [-0.4, -0.2) is 61.6 Å². The van der Waals surface area contributed by atoms with Crippen molar-refractivity contribution >= 4 is 21.8 Å². The van der Waals surface area contributed by atoms with Gasteiger partial charge in [0, 0.05) is 38.8 Å². The molecule has 1 aromatic carbocycles. The second kappa shape index (κ2) is 8.66. The summed E-state index contributed by atoms with van der Waals surface area (Å²) in [5.41, 5.74) is 1.27. The number of carbonyl (C=O) groups excluding carboxylic acids is 1. The minimum Gasteiger partial charge on any atom is -0.496 e. The summed E-state index contributed by atoms with van der Waals surface area (Å²) in [5, 5.41) is 2.95. The van der Waals surface area contributed by atoms with E-state index in [0.29, 0.717) is 6.54 Å². The fraction of sp³-hybridized carbons (Fsp3) is 0.588. The number of rotatable bonds is 6. The number of nitrogens with one attached hydrogen (secondary N) is 1. The molecular formula is C17H26BrN3O2. The van der Waals surface area contributed by atoms with Crippen LogP contribution in [0.3, 0.4) is 0 Å². The number of methoxy groups -OCH3 is 1. The summed E-state index contributed by atoms with van der Waals surface area (Å²) in [6.07, 6.45) is 0. The van der Waals surface area contributed by atoms with Gasteiger partial charge in [0.1, 0.15) is 5.75 Å². The zero-order valence-electron chi connectivity index (χ0n) is 14.1. The van der Waals surface area contributed by atoms with Crippen molar-refractivity contribution in [2.45, 2.75) is 26.4 Å². The summed E-state index contributed by atoms with van der Waals surface area (Å²) in [4.78, 5) is 16.5. The van der Waals surface area contributed by atoms with Crippen molar-refractivity contribution in [3.63, 3.8) is 0 Å². The van der Waals surface area contributed by atoms with Crippen LogP contribution >= 0.6 is 15.9 Å². The van der Waals surface area contributed by atoms with E-state index in [1.54, 1.807) is 7.11 Å². The monoisotopic (exact) mass is 383 g/mol. The molecule has 6 heteroatoms. The van der Waals surface area contributed by atoms with Crippen LogP contribution in [0.25, 0.3) is 0 Å². The predicted molar refractivity (Wildman–Crippen MR) is 95.7 cm³/mol. The van der Waals surface area contributed by atoms with E-state index in [9.17, 15) is 4.79 Å². The molecule has 0 spiro atoms. The van der Waals surface area contributed by atoms with E-state index in [1.807, 2.05) is 19.9 Å². The van der Waals surface area contributed by atoms with Gasteiger partial charge in [-0.3, -0.25) is 14.6 Å². The normalized spacial score (nSPS) is 16.6. The molecule has 1 heterocycles. The average molecular weight is 384 g/mol. The van der Waals surface area contributed by atoms with Crippen LogP contribution in [-0.2, 0) is 11.3 Å². The van der Waals surface area contributed by atoms with Gasteiger partial charge in [-0.05, 0) is 47.5 Å². The van der Waals surface area contributed by atoms with E-state index < -0.39 is 0 Å². The first kappa shape index (κ1) is 18.2. The first-order chi connectivity index (χ1) is 11.0. The number of ether oxygens (including phenoxy) is 1. The SMILES string of the molecule is COc1ccc(CN2CCN(CC(=O)NC(C)C)CC2)cc1Br. The third-order valence-corrected chi connectivity index (χ3v) is 4.52. The van der Waals surface area contributed by atoms with Crippen LogP contribution < -0.4 is 10.1 Å². The lowest BCUT2D eigenvalue weighted by molar-refractivity contribution is -0.123. The van der Waals surface area contributed by atoms with Crippen LogP contribution in [0.1, 0.15) is 19.4 Å². The lowest BCUT2D eigenvalue weighted by Crippen LogP contribution is -2.49. The van der Waals surface area contributed by atoms with E-state index >= 15 is 0 Å². The molecule has 1 aliphatic heterocycles. The predicted octanol–water partition coefficient (Wildman–Crippen LogP) is 2.10. The van der Waals surface area contributed by atoms with Crippen LogP contribution in [0, 0.1) is 0 Å². The summed E-state index contributed by atoms with van der Waals surface area (Å²) < 4.78 is 6.25. The van der Waals surface area contributed by atoms with Gasteiger partial charge in [0.15, 0.2) is 0 Å². The van der Waals surface area contributed by atoms with Gasteiger partial charge in [0.05, 0.1) is 18.1 Å². The van der Waals surface area contributed by atoms with Gasteiger partial charge in [-0.25, -0.2) is 0 Å². The van der Waals surface area contributed by atoms with Crippen molar-refractivity contribution in [1.29, 1.82) is 0 Å². The van der Waals surface area contributed by atoms with Gasteiger partial charge in [-0.2, -0.15) is 0 Å². The van der Waals surface area contributed by atoms with Crippen molar-refractivity contribution in [2.24, 2.45) is 0 Å². The first-order valence-electron chi connectivity index (χ1n) is 8.04. The van der Waals surface area contributed by atoms with Crippen molar-refractivity contribution in [3.8, 4) is 5.75 Å². The Labute approximate surface area is 147 Å². The quantitative estimate of drug-likeness (QED) is 0.816. The van der Waals surface area contributed by atoms with E-state index in [0.717, 1.165) is 42.9 Å². The van der Waals surface area contributed by atoms with Gasteiger partial charge in [0.2, 0.25) is 5.91 Å². The van der Waals surface area contributed by atoms with E-state index in [-0.39, 0.29) is 11.9 Å². The smallest absolute Gasteiger partial charge is 0.234 e. The van der Waals surface area contributed by atoms with Gasteiger partial charge in [0.25, 0.3) is 0 Å². The lowest BCUT2D eigenvalue weighted by atomic mass is 10.2. The molecule has 0 aliphatic carbocycles. The highest BCUT2D eigenvalue weighted by Crippen LogP contribution is 2.26. The minimum absolute atomic E-state index is 0.118. The molecule has 0 bridgehead atoms. The summed E-state index contributed by atoms with van der Waals surface area (Å²) >= 11 is 3.53. The molecule has 0 saturated carbocycles. The summed E-state index contributed by atoms with van der Waals surface area (Å²) in [7, 11) is 1.68. The van der Waals surface area contributed by atoms with Gasteiger partial charge in [-0.15, -0.1) is 0 Å². The van der Waals surface area contributed by atoms with Crippen LogP contribution in [0.5, 0.6) is 5.75 Å². The lowest BCUT2D eigenvalue weighted by Gasteiger charge is -2.34. The first-order valence-corrected chi connectivity index (χ1v) is 8.83. The second-order valence-electron chi connectivity index (χ2n) is 6.24. The fourth-order valence-corrected chi connectivity index (χ4v) is 3.33. The Bertz CT molecular complexity index is 529. The largest absolute Gasteiger partial charge is 0.496 e. The highest BCUT2D eigenvalue weighted by molar-refractivity contribution is 9.10. The van der Waals surface area contributed by atoms with Crippen molar-refractivity contribution in [3.05, 3.63) is 28.2 Å². The van der Waals surface area contributed by atoms with Gasteiger partial charge >= 0.3 is 0 Å². The molecule has 0 atom stereocenters. The second-order valence-corrected chi connectivity index (χ2v) is 7.10. The van der Waals surface area contributed by atoms with E-state index in [2.05, 4.69) is 43.2 Å². The molecular weight excluding hydrogens is 358 g/mol. The Morgan fingerprint density at radius 2 is 1.91 bits per heavy atom. The minimum atomic E-state index is 0.118. The Kier molecular flexibility index (Phi) is 6.87. The number of halogens is 1. The van der Waals surface area contributed by atoms with Crippen LogP contribution in [0.2, 0.25) is 0 Å². The molecule has 1 saturated heterocycles. The summed E-state index contributed by atoms with van der Waals surface area (Å²) in [5.74, 6) is 0.974. The Morgan fingerprint density at radius 1 is 1.26 bits per heavy atom. The highest BCUT2D eigenvalue weighted by Gasteiger charge is 2.19. The highest BCUT2D eigenvalue weighted by atomic mass is 79.9. The van der Waals surface area contributed by atoms with E-state index in [4.69, 9.17) is 4.74 Å². The average Bonchev–Trinajstić information content (AvgIpc) is 2.48. The van der Waals surface area contributed by atoms with Crippen LogP contribution in [0.15, 0.2) is 22.7 Å².